The van der Waals surface area contributed by atoms with Crippen LogP contribution in [0.25, 0.3) is 6.08 Å². The molecule has 4 rings (SSSR count). The standard InChI is InChI=1S/C24H20ClN3O7S/c1-4-35-23(31)19-12(2)26-24-27(20(19)14-5-7-15(25)8-6-14)22(30)18(36-24)11-13-9-16(28(32)33)21(29)17(10-13)34-3/h5-11,20,29H,4H2,1-3H3/b18-11-/t20-/m0/s1. The van der Waals surface area contributed by atoms with Crippen LogP contribution in [0.2, 0.25) is 5.02 Å². The summed E-state index contributed by atoms with van der Waals surface area (Å²) in [4.78, 5) is 42.0. The van der Waals surface area contributed by atoms with Crippen molar-refractivity contribution in [2.75, 3.05) is 13.7 Å². The minimum absolute atomic E-state index is 0.109. The van der Waals surface area contributed by atoms with Crippen LogP contribution in [0.1, 0.15) is 31.0 Å². The molecule has 0 fully saturated rings. The van der Waals surface area contributed by atoms with Crippen molar-refractivity contribution < 1.29 is 24.3 Å². The molecule has 0 radical (unpaired) electrons. The topological polar surface area (TPSA) is 133 Å². The van der Waals surface area contributed by atoms with E-state index >= 15 is 0 Å². The van der Waals surface area contributed by atoms with Crippen LogP contribution in [-0.2, 0) is 9.53 Å². The van der Waals surface area contributed by atoms with Crippen molar-refractivity contribution in [1.29, 1.82) is 0 Å². The van der Waals surface area contributed by atoms with Gasteiger partial charge >= 0.3 is 11.7 Å². The van der Waals surface area contributed by atoms with Gasteiger partial charge in [-0.1, -0.05) is 35.1 Å². The number of nitrogens with zero attached hydrogens (tertiary/aromatic N) is 3. The van der Waals surface area contributed by atoms with Crippen LogP contribution in [-0.4, -0.2) is 34.3 Å². The first-order chi connectivity index (χ1) is 17.2. The number of aromatic hydroxyl groups is 1. The average Bonchev–Trinajstić information content (AvgIpc) is 3.13. The Hall–Kier alpha value is -3.96. The van der Waals surface area contributed by atoms with E-state index in [9.17, 15) is 24.8 Å². The van der Waals surface area contributed by atoms with Crippen LogP contribution in [0, 0.1) is 10.1 Å². The lowest BCUT2D eigenvalue weighted by molar-refractivity contribution is -0.386. The minimum Gasteiger partial charge on any atom is -0.500 e. The second-order valence-corrected chi connectivity index (χ2v) is 9.15. The van der Waals surface area contributed by atoms with Crippen molar-refractivity contribution >= 4 is 40.7 Å². The van der Waals surface area contributed by atoms with E-state index in [0.29, 0.717) is 21.1 Å². The van der Waals surface area contributed by atoms with Gasteiger partial charge in [-0.3, -0.25) is 19.5 Å². The van der Waals surface area contributed by atoms with Crippen LogP contribution in [0.15, 0.2) is 57.5 Å². The zero-order valence-electron chi connectivity index (χ0n) is 19.4. The number of fused-ring (bicyclic) bond motifs is 1. The molecule has 0 aliphatic carbocycles. The van der Waals surface area contributed by atoms with Gasteiger partial charge in [-0.2, -0.15) is 0 Å². The molecule has 0 saturated heterocycles. The number of aromatic nitrogens is 1. The van der Waals surface area contributed by atoms with E-state index in [4.69, 9.17) is 21.1 Å². The lowest BCUT2D eigenvalue weighted by atomic mass is 9.96. The predicted molar refractivity (Wildman–Crippen MR) is 133 cm³/mol. The average molecular weight is 530 g/mol. The number of ether oxygens (including phenoxy) is 2. The highest BCUT2D eigenvalue weighted by atomic mass is 35.5. The van der Waals surface area contributed by atoms with Crippen molar-refractivity contribution in [1.82, 2.24) is 4.57 Å². The first kappa shape index (κ1) is 25.1. The number of rotatable bonds is 6. The fourth-order valence-corrected chi connectivity index (χ4v) is 5.07. The van der Waals surface area contributed by atoms with Crippen LogP contribution >= 0.6 is 22.9 Å². The van der Waals surface area contributed by atoms with Crippen LogP contribution in [0.3, 0.4) is 0 Å². The number of benzene rings is 2. The monoisotopic (exact) mass is 529 g/mol. The molecule has 36 heavy (non-hydrogen) atoms. The second kappa shape index (κ2) is 9.96. The van der Waals surface area contributed by atoms with E-state index < -0.39 is 33.9 Å². The molecule has 186 valence electrons. The van der Waals surface area contributed by atoms with Crippen molar-refractivity contribution in [3.05, 3.63) is 93.6 Å². The largest absolute Gasteiger partial charge is 0.500 e. The highest BCUT2D eigenvalue weighted by molar-refractivity contribution is 7.07. The molecule has 1 aliphatic rings. The molecule has 2 heterocycles. The number of methoxy groups -OCH3 is 1. The summed E-state index contributed by atoms with van der Waals surface area (Å²) in [6.45, 7) is 3.50. The third-order valence-electron chi connectivity index (χ3n) is 5.49. The van der Waals surface area contributed by atoms with Gasteiger partial charge in [0.2, 0.25) is 5.75 Å². The lowest BCUT2D eigenvalue weighted by Gasteiger charge is -2.24. The van der Waals surface area contributed by atoms with Gasteiger partial charge in [0.1, 0.15) is 0 Å². The van der Waals surface area contributed by atoms with Gasteiger partial charge in [0, 0.05) is 11.1 Å². The Morgan fingerprint density at radius 3 is 2.64 bits per heavy atom. The fraction of sp³-hybridized carbons (Fsp3) is 0.208. The van der Waals surface area contributed by atoms with E-state index in [1.54, 1.807) is 38.1 Å². The Morgan fingerprint density at radius 1 is 1.33 bits per heavy atom. The summed E-state index contributed by atoms with van der Waals surface area (Å²) in [7, 11) is 1.27. The summed E-state index contributed by atoms with van der Waals surface area (Å²) in [6, 6.07) is 8.46. The van der Waals surface area contributed by atoms with Gasteiger partial charge in [-0.25, -0.2) is 9.79 Å². The minimum atomic E-state index is -0.816. The van der Waals surface area contributed by atoms with E-state index in [1.807, 2.05) is 0 Å². The molecule has 12 heteroatoms. The molecule has 0 unspecified atom stereocenters. The second-order valence-electron chi connectivity index (χ2n) is 7.70. The number of esters is 1. The molecule has 0 spiro atoms. The Morgan fingerprint density at radius 2 is 2.03 bits per heavy atom. The molecule has 1 aliphatic heterocycles. The number of hydrogen-bond acceptors (Lipinski definition) is 9. The highest BCUT2D eigenvalue weighted by Gasteiger charge is 2.33. The van der Waals surface area contributed by atoms with Gasteiger partial charge in [0.25, 0.3) is 5.56 Å². The maximum absolute atomic E-state index is 13.6. The number of nitro benzene ring substituents is 1. The van der Waals surface area contributed by atoms with Gasteiger partial charge < -0.3 is 14.6 Å². The van der Waals surface area contributed by atoms with E-state index in [1.165, 1.54) is 23.8 Å². The maximum atomic E-state index is 13.6. The molecule has 10 nitrogen and oxygen atoms in total. The number of allylic oxidation sites excluding steroid dienone is 1. The molecule has 1 atom stereocenters. The summed E-state index contributed by atoms with van der Waals surface area (Å²) in [6.07, 6.45) is 1.45. The first-order valence-electron chi connectivity index (χ1n) is 10.7. The number of phenolic OH excluding ortho intramolecular Hbond substituents is 1. The van der Waals surface area contributed by atoms with E-state index in [2.05, 4.69) is 4.99 Å². The molecule has 0 bridgehead atoms. The van der Waals surface area contributed by atoms with Crippen molar-refractivity contribution in [3.63, 3.8) is 0 Å². The lowest BCUT2D eigenvalue weighted by Crippen LogP contribution is -2.39. The van der Waals surface area contributed by atoms with Crippen molar-refractivity contribution in [2.45, 2.75) is 19.9 Å². The Balaban J connectivity index is 1.96. The Bertz CT molecular complexity index is 1590. The zero-order valence-corrected chi connectivity index (χ0v) is 20.9. The van der Waals surface area contributed by atoms with E-state index in [-0.39, 0.29) is 28.0 Å². The molecule has 1 aromatic heterocycles. The highest BCUT2D eigenvalue weighted by Crippen LogP contribution is 2.37. The van der Waals surface area contributed by atoms with Crippen molar-refractivity contribution in [3.8, 4) is 11.5 Å². The number of phenols is 1. The van der Waals surface area contributed by atoms with Gasteiger partial charge in [-0.05, 0) is 49.2 Å². The molecule has 0 amide bonds. The molecule has 1 N–H and O–H groups in total. The van der Waals surface area contributed by atoms with Gasteiger partial charge in [0.05, 0.1) is 40.5 Å². The van der Waals surface area contributed by atoms with Crippen LogP contribution < -0.4 is 19.6 Å². The Kier molecular flexibility index (Phi) is 6.95. The SMILES string of the molecule is CCOC(=O)C1=C(C)N=c2s/c(=C\c3cc(OC)c(O)c([N+](=O)[O-])c3)c(=O)n2[C@H]1c1ccc(Cl)cc1. The van der Waals surface area contributed by atoms with Crippen molar-refractivity contribution in [2.24, 2.45) is 4.99 Å². The van der Waals surface area contributed by atoms with E-state index in [0.717, 1.165) is 17.4 Å². The molecule has 3 aromatic rings. The summed E-state index contributed by atoms with van der Waals surface area (Å²) in [5.74, 6) is -1.31. The number of halogens is 1. The Labute approximate surface area is 213 Å². The number of thiazole rings is 1. The number of hydrogen-bond donors (Lipinski definition) is 1. The fourth-order valence-electron chi connectivity index (χ4n) is 3.90. The maximum Gasteiger partial charge on any atom is 0.338 e. The summed E-state index contributed by atoms with van der Waals surface area (Å²) in [5.41, 5.74) is 0.510. The van der Waals surface area contributed by atoms with Gasteiger partial charge in [0.15, 0.2) is 10.6 Å². The molecule has 2 aromatic carbocycles. The zero-order chi connectivity index (χ0) is 26.1. The quantitative estimate of drug-likeness (QED) is 0.294. The molecular weight excluding hydrogens is 510 g/mol. The first-order valence-corrected chi connectivity index (χ1v) is 11.9. The number of nitro groups is 1. The smallest absolute Gasteiger partial charge is 0.338 e. The summed E-state index contributed by atoms with van der Waals surface area (Å²) in [5, 5.41) is 21.9. The number of carbonyl (C=O) groups excluding carboxylic acids is 1. The molecule has 0 saturated carbocycles. The summed E-state index contributed by atoms with van der Waals surface area (Å²) < 4.78 is 11.9. The normalized spacial score (nSPS) is 15.3. The number of carbonyl (C=O) groups is 1. The third-order valence-corrected chi connectivity index (χ3v) is 6.73. The third kappa shape index (κ3) is 4.50. The van der Waals surface area contributed by atoms with Crippen LogP contribution in [0.5, 0.6) is 11.5 Å². The molecular formula is C24H20ClN3O7S. The predicted octanol–water partition coefficient (Wildman–Crippen LogP) is 3.07. The van der Waals surface area contributed by atoms with Crippen LogP contribution in [0.4, 0.5) is 5.69 Å². The van der Waals surface area contributed by atoms with Gasteiger partial charge in [-0.15, -0.1) is 0 Å². The summed E-state index contributed by atoms with van der Waals surface area (Å²) >= 11 is 7.12.